The van der Waals surface area contributed by atoms with Crippen molar-refractivity contribution < 1.29 is 4.79 Å². The fourth-order valence-electron chi connectivity index (χ4n) is 1.56. The van der Waals surface area contributed by atoms with Gasteiger partial charge >= 0.3 is 0 Å². The summed E-state index contributed by atoms with van der Waals surface area (Å²) < 4.78 is 1.71. The number of amides is 1. The van der Waals surface area contributed by atoms with E-state index in [-0.39, 0.29) is 11.6 Å². The lowest BCUT2D eigenvalue weighted by Gasteiger charge is -2.02. The van der Waals surface area contributed by atoms with Crippen LogP contribution in [0.2, 0.25) is 0 Å². The van der Waals surface area contributed by atoms with Gasteiger partial charge in [0.15, 0.2) is 0 Å². The maximum Gasteiger partial charge on any atom is 0.271 e. The van der Waals surface area contributed by atoms with E-state index < -0.39 is 0 Å². The number of H-pyrrole nitrogens is 1. The number of aryl methyl sites for hydroxylation is 2. The molecule has 0 fully saturated rings. The minimum atomic E-state index is -0.275. The van der Waals surface area contributed by atoms with E-state index in [2.05, 4.69) is 20.6 Å². The van der Waals surface area contributed by atoms with E-state index >= 15 is 0 Å². The van der Waals surface area contributed by atoms with E-state index in [9.17, 15) is 4.79 Å². The standard InChI is InChI=1S/C10H14N6O/c1-6-7(5-16(2)15-6)3-12-10(17)9-8(11)4-13-14-9/h4-5H,3,11H2,1-2H3,(H,12,17)(H,13,14). The Morgan fingerprint density at radius 1 is 1.65 bits per heavy atom. The Morgan fingerprint density at radius 3 is 2.94 bits per heavy atom. The number of carbonyl (C=O) groups is 1. The zero-order chi connectivity index (χ0) is 12.4. The summed E-state index contributed by atoms with van der Waals surface area (Å²) in [5, 5.41) is 13.2. The van der Waals surface area contributed by atoms with E-state index in [1.807, 2.05) is 20.2 Å². The molecule has 2 heterocycles. The molecule has 0 unspecified atom stereocenters. The lowest BCUT2D eigenvalue weighted by atomic mass is 10.2. The van der Waals surface area contributed by atoms with Gasteiger partial charge in [0.05, 0.1) is 17.6 Å². The minimum absolute atomic E-state index is 0.275. The van der Waals surface area contributed by atoms with Crippen LogP contribution in [0.25, 0.3) is 0 Å². The first-order valence-electron chi connectivity index (χ1n) is 5.14. The van der Waals surface area contributed by atoms with Crippen LogP contribution >= 0.6 is 0 Å². The highest BCUT2D eigenvalue weighted by molar-refractivity contribution is 5.96. The van der Waals surface area contributed by atoms with Gasteiger partial charge in [-0.3, -0.25) is 14.6 Å². The summed E-state index contributed by atoms with van der Waals surface area (Å²) >= 11 is 0. The van der Waals surface area contributed by atoms with Crippen molar-refractivity contribution in [1.82, 2.24) is 25.3 Å². The Balaban J connectivity index is 2.02. The van der Waals surface area contributed by atoms with Crippen molar-refractivity contribution in [3.8, 4) is 0 Å². The first kappa shape index (κ1) is 11.2. The van der Waals surface area contributed by atoms with Gasteiger partial charge in [-0.2, -0.15) is 10.2 Å². The van der Waals surface area contributed by atoms with E-state index in [0.717, 1.165) is 11.3 Å². The molecular formula is C10H14N6O. The molecule has 0 bridgehead atoms. The van der Waals surface area contributed by atoms with Gasteiger partial charge in [-0.25, -0.2) is 0 Å². The maximum absolute atomic E-state index is 11.7. The number of nitrogens with one attached hydrogen (secondary N) is 2. The van der Waals surface area contributed by atoms with Crippen LogP contribution < -0.4 is 11.1 Å². The number of hydrogen-bond donors (Lipinski definition) is 3. The third-order valence-electron chi connectivity index (χ3n) is 2.45. The van der Waals surface area contributed by atoms with Crippen LogP contribution in [-0.2, 0) is 13.6 Å². The van der Waals surface area contributed by atoms with Gasteiger partial charge in [0.1, 0.15) is 5.69 Å². The summed E-state index contributed by atoms with van der Waals surface area (Å²) in [7, 11) is 1.84. The zero-order valence-corrected chi connectivity index (χ0v) is 9.69. The molecule has 0 aliphatic rings. The molecule has 0 aliphatic carbocycles. The van der Waals surface area contributed by atoms with Crippen molar-refractivity contribution in [2.24, 2.45) is 7.05 Å². The molecule has 2 aromatic heterocycles. The number of anilines is 1. The molecule has 4 N–H and O–H groups in total. The lowest BCUT2D eigenvalue weighted by molar-refractivity contribution is 0.0946. The maximum atomic E-state index is 11.7. The van der Waals surface area contributed by atoms with Gasteiger partial charge in [0.25, 0.3) is 5.91 Å². The summed E-state index contributed by atoms with van der Waals surface area (Å²) in [5.41, 5.74) is 8.06. The molecule has 0 radical (unpaired) electrons. The van der Waals surface area contributed by atoms with Gasteiger partial charge in [-0.1, -0.05) is 0 Å². The lowest BCUT2D eigenvalue weighted by Crippen LogP contribution is -2.24. The quantitative estimate of drug-likeness (QED) is 0.693. The molecule has 0 saturated carbocycles. The highest BCUT2D eigenvalue weighted by atomic mass is 16.1. The van der Waals surface area contributed by atoms with Crippen LogP contribution in [0.3, 0.4) is 0 Å². The molecule has 7 nitrogen and oxygen atoms in total. The number of aromatic amines is 1. The molecule has 0 spiro atoms. The Labute approximate surface area is 98.0 Å². The first-order chi connectivity index (χ1) is 8.08. The summed E-state index contributed by atoms with van der Waals surface area (Å²) in [6.45, 7) is 2.31. The van der Waals surface area contributed by atoms with Crippen molar-refractivity contribution in [1.29, 1.82) is 0 Å². The van der Waals surface area contributed by atoms with E-state index in [4.69, 9.17) is 5.73 Å². The molecular weight excluding hydrogens is 220 g/mol. The second-order valence-corrected chi connectivity index (χ2v) is 3.80. The summed E-state index contributed by atoms with van der Waals surface area (Å²) in [6.07, 6.45) is 3.27. The topological polar surface area (TPSA) is 102 Å². The van der Waals surface area contributed by atoms with Gasteiger partial charge in [-0.15, -0.1) is 0 Å². The predicted molar refractivity (Wildman–Crippen MR) is 62.1 cm³/mol. The van der Waals surface area contributed by atoms with Crippen molar-refractivity contribution in [2.75, 3.05) is 5.73 Å². The monoisotopic (exact) mass is 234 g/mol. The first-order valence-corrected chi connectivity index (χ1v) is 5.14. The average molecular weight is 234 g/mol. The van der Waals surface area contributed by atoms with Gasteiger partial charge < -0.3 is 11.1 Å². The number of carbonyl (C=O) groups excluding carboxylic acids is 1. The van der Waals surface area contributed by atoms with Gasteiger partial charge in [0.2, 0.25) is 0 Å². The second kappa shape index (κ2) is 4.28. The van der Waals surface area contributed by atoms with Crippen LogP contribution in [0.4, 0.5) is 5.69 Å². The van der Waals surface area contributed by atoms with Gasteiger partial charge in [0, 0.05) is 25.4 Å². The smallest absolute Gasteiger partial charge is 0.271 e. The fourth-order valence-corrected chi connectivity index (χ4v) is 1.56. The third-order valence-corrected chi connectivity index (χ3v) is 2.45. The predicted octanol–water partition coefficient (Wildman–Crippen LogP) is -0.0362. The normalized spacial score (nSPS) is 10.5. The SMILES string of the molecule is Cc1nn(C)cc1CNC(=O)c1[nH]ncc1N. The number of nitrogens with two attached hydrogens (primary N) is 1. The molecule has 0 atom stereocenters. The van der Waals surface area contributed by atoms with Crippen molar-refractivity contribution in [3.05, 3.63) is 29.3 Å². The van der Waals surface area contributed by atoms with E-state index in [0.29, 0.717) is 12.2 Å². The van der Waals surface area contributed by atoms with Crippen LogP contribution in [-0.4, -0.2) is 25.9 Å². The molecule has 90 valence electrons. The average Bonchev–Trinajstić information content (AvgIpc) is 2.81. The number of nitrogens with zero attached hydrogens (tertiary/aromatic N) is 3. The van der Waals surface area contributed by atoms with Crippen molar-refractivity contribution in [2.45, 2.75) is 13.5 Å². The number of hydrogen-bond acceptors (Lipinski definition) is 4. The molecule has 1 amide bonds. The Kier molecular flexibility index (Phi) is 2.82. The van der Waals surface area contributed by atoms with Crippen molar-refractivity contribution in [3.63, 3.8) is 0 Å². The highest BCUT2D eigenvalue weighted by Crippen LogP contribution is 2.07. The van der Waals surface area contributed by atoms with E-state index in [1.54, 1.807) is 4.68 Å². The molecule has 0 aromatic carbocycles. The largest absolute Gasteiger partial charge is 0.396 e. The number of rotatable bonds is 3. The van der Waals surface area contributed by atoms with Crippen LogP contribution in [0.15, 0.2) is 12.4 Å². The van der Waals surface area contributed by atoms with Crippen LogP contribution in [0.5, 0.6) is 0 Å². The highest BCUT2D eigenvalue weighted by Gasteiger charge is 2.12. The van der Waals surface area contributed by atoms with Crippen LogP contribution in [0.1, 0.15) is 21.7 Å². The number of aromatic nitrogens is 4. The Hall–Kier alpha value is -2.31. The molecule has 0 saturated heterocycles. The van der Waals surface area contributed by atoms with Gasteiger partial charge in [-0.05, 0) is 6.92 Å². The second-order valence-electron chi connectivity index (χ2n) is 3.80. The molecule has 17 heavy (non-hydrogen) atoms. The molecule has 2 aromatic rings. The summed E-state index contributed by atoms with van der Waals surface area (Å²) in [6, 6.07) is 0. The fraction of sp³-hybridized carbons (Fsp3) is 0.300. The zero-order valence-electron chi connectivity index (χ0n) is 9.69. The molecule has 0 aliphatic heterocycles. The third kappa shape index (κ3) is 2.27. The van der Waals surface area contributed by atoms with E-state index in [1.165, 1.54) is 6.20 Å². The molecule has 2 rings (SSSR count). The summed E-state index contributed by atoms with van der Waals surface area (Å²) in [4.78, 5) is 11.7. The minimum Gasteiger partial charge on any atom is -0.396 e. The van der Waals surface area contributed by atoms with Crippen LogP contribution in [0, 0.1) is 6.92 Å². The molecule has 7 heteroatoms. The summed E-state index contributed by atoms with van der Waals surface area (Å²) in [5.74, 6) is -0.275. The van der Waals surface area contributed by atoms with Crippen molar-refractivity contribution >= 4 is 11.6 Å². The Bertz CT molecular complexity index is 541. The number of nitrogen functional groups attached to an aromatic ring is 1. The Morgan fingerprint density at radius 2 is 2.41 bits per heavy atom.